The fourth-order valence-electron chi connectivity index (χ4n) is 3.04. The van der Waals surface area contributed by atoms with E-state index < -0.39 is 0 Å². The molecule has 0 spiro atoms. The molecule has 126 valence electrons. The van der Waals surface area contributed by atoms with Crippen LogP contribution in [0.25, 0.3) is 0 Å². The molecule has 0 radical (unpaired) electrons. The van der Waals surface area contributed by atoms with Crippen LogP contribution in [0.1, 0.15) is 28.4 Å². The third-order valence-electron chi connectivity index (χ3n) is 4.35. The van der Waals surface area contributed by atoms with Crippen molar-refractivity contribution in [3.8, 4) is 17.2 Å². The van der Waals surface area contributed by atoms with E-state index in [1.54, 1.807) is 37.3 Å². The number of hydrogen-bond acceptors (Lipinski definition) is 4. The van der Waals surface area contributed by atoms with Gasteiger partial charge in [0.1, 0.15) is 5.75 Å². The minimum atomic E-state index is -0.0577. The second kappa shape index (κ2) is 6.83. The molecule has 0 aromatic heterocycles. The van der Waals surface area contributed by atoms with Crippen LogP contribution in [0.3, 0.4) is 0 Å². The summed E-state index contributed by atoms with van der Waals surface area (Å²) >= 11 is 0. The summed E-state index contributed by atoms with van der Waals surface area (Å²) in [7, 11) is 4.96. The normalized spacial score (nSPS) is 15.9. The lowest BCUT2D eigenvalue weighted by Gasteiger charge is -2.33. The lowest BCUT2D eigenvalue weighted by Crippen LogP contribution is -2.34. The van der Waals surface area contributed by atoms with Gasteiger partial charge in [-0.3, -0.25) is 4.79 Å². The zero-order valence-corrected chi connectivity index (χ0v) is 14.1. The van der Waals surface area contributed by atoms with Gasteiger partial charge >= 0.3 is 0 Å². The fraction of sp³-hybridized carbons (Fsp3) is 0.316. The van der Waals surface area contributed by atoms with Crippen LogP contribution in [-0.2, 0) is 0 Å². The number of methoxy groups -OCH3 is 2. The first-order valence-corrected chi connectivity index (χ1v) is 7.86. The molecule has 1 aliphatic rings. The number of ether oxygens (including phenoxy) is 3. The van der Waals surface area contributed by atoms with E-state index >= 15 is 0 Å². The summed E-state index contributed by atoms with van der Waals surface area (Å²) in [5.41, 5.74) is 1.61. The van der Waals surface area contributed by atoms with Crippen molar-refractivity contribution in [1.82, 2.24) is 4.90 Å². The highest BCUT2D eigenvalue weighted by Crippen LogP contribution is 2.36. The second-order valence-corrected chi connectivity index (χ2v) is 5.68. The number of carbonyl (C=O) groups excluding carboxylic acids is 1. The predicted molar refractivity (Wildman–Crippen MR) is 90.9 cm³/mol. The van der Waals surface area contributed by atoms with Crippen LogP contribution >= 0.6 is 0 Å². The molecule has 3 rings (SSSR count). The van der Waals surface area contributed by atoms with E-state index in [1.165, 1.54) is 0 Å². The predicted octanol–water partition coefficient (Wildman–Crippen LogP) is 3.30. The molecule has 0 saturated heterocycles. The molecule has 2 aromatic rings. The van der Waals surface area contributed by atoms with Crippen LogP contribution < -0.4 is 14.2 Å². The van der Waals surface area contributed by atoms with Crippen molar-refractivity contribution in [1.29, 1.82) is 0 Å². The first-order chi connectivity index (χ1) is 11.7. The Hall–Kier alpha value is -2.69. The molecule has 5 nitrogen and oxygen atoms in total. The van der Waals surface area contributed by atoms with Gasteiger partial charge in [0.2, 0.25) is 0 Å². The third kappa shape index (κ3) is 2.89. The molecule has 1 atom stereocenters. The summed E-state index contributed by atoms with van der Waals surface area (Å²) in [5.74, 6) is 1.94. The van der Waals surface area contributed by atoms with Crippen molar-refractivity contribution in [3.63, 3.8) is 0 Å². The topological polar surface area (TPSA) is 48.0 Å². The lowest BCUT2D eigenvalue weighted by atomic mass is 9.98. The van der Waals surface area contributed by atoms with Gasteiger partial charge in [0.05, 0.1) is 26.9 Å². The van der Waals surface area contributed by atoms with Gasteiger partial charge in [-0.05, 0) is 24.3 Å². The molecular formula is C19H21NO4. The van der Waals surface area contributed by atoms with E-state index in [1.807, 2.05) is 31.3 Å². The Kier molecular flexibility index (Phi) is 4.60. The molecule has 0 fully saturated rings. The maximum Gasteiger partial charge on any atom is 0.254 e. The number of benzene rings is 2. The summed E-state index contributed by atoms with van der Waals surface area (Å²) < 4.78 is 16.2. The van der Waals surface area contributed by atoms with Crippen molar-refractivity contribution >= 4 is 5.91 Å². The number of para-hydroxylation sites is 1. The third-order valence-corrected chi connectivity index (χ3v) is 4.35. The fourth-order valence-corrected chi connectivity index (χ4v) is 3.04. The maximum absolute atomic E-state index is 12.9. The zero-order valence-electron chi connectivity index (χ0n) is 14.1. The minimum absolute atomic E-state index is 0.00412. The van der Waals surface area contributed by atoms with Crippen molar-refractivity contribution in [3.05, 3.63) is 53.6 Å². The van der Waals surface area contributed by atoms with Crippen molar-refractivity contribution in [2.24, 2.45) is 0 Å². The quantitative estimate of drug-likeness (QED) is 0.864. The van der Waals surface area contributed by atoms with Crippen LogP contribution in [0, 0.1) is 0 Å². The average molecular weight is 327 g/mol. The molecule has 1 heterocycles. The monoisotopic (exact) mass is 327 g/mol. The average Bonchev–Trinajstić information content (AvgIpc) is 2.65. The number of nitrogens with zero attached hydrogens (tertiary/aromatic N) is 1. The van der Waals surface area contributed by atoms with Gasteiger partial charge in [0.15, 0.2) is 11.5 Å². The molecule has 1 amide bonds. The smallest absolute Gasteiger partial charge is 0.254 e. The Morgan fingerprint density at radius 3 is 2.62 bits per heavy atom. The summed E-state index contributed by atoms with van der Waals surface area (Å²) in [5, 5.41) is 0. The Labute approximate surface area is 141 Å². The molecule has 0 aliphatic carbocycles. The maximum atomic E-state index is 12.9. The second-order valence-electron chi connectivity index (χ2n) is 5.68. The molecule has 2 aromatic carbocycles. The van der Waals surface area contributed by atoms with E-state index in [4.69, 9.17) is 14.2 Å². The first-order valence-electron chi connectivity index (χ1n) is 7.86. The number of fused-ring (bicyclic) bond motifs is 1. The van der Waals surface area contributed by atoms with E-state index in [2.05, 4.69) is 0 Å². The van der Waals surface area contributed by atoms with Crippen LogP contribution in [0.15, 0.2) is 42.5 Å². The van der Waals surface area contributed by atoms with Crippen LogP contribution in [0.2, 0.25) is 0 Å². The molecule has 5 heteroatoms. The molecule has 1 aliphatic heterocycles. The van der Waals surface area contributed by atoms with Crippen LogP contribution in [0.4, 0.5) is 0 Å². The van der Waals surface area contributed by atoms with Crippen molar-refractivity contribution in [2.75, 3.05) is 27.9 Å². The van der Waals surface area contributed by atoms with Gasteiger partial charge in [-0.2, -0.15) is 0 Å². The van der Waals surface area contributed by atoms with Gasteiger partial charge in [-0.1, -0.05) is 18.2 Å². The SMILES string of the molecule is COc1ccc(C(=O)N(C)C2CCOc3ccccc32)cc1OC. The largest absolute Gasteiger partial charge is 0.493 e. The number of hydrogen-bond donors (Lipinski definition) is 0. The first kappa shape index (κ1) is 16.2. The van der Waals surface area contributed by atoms with Gasteiger partial charge in [0, 0.05) is 24.6 Å². The number of rotatable bonds is 4. The van der Waals surface area contributed by atoms with Gasteiger partial charge in [0.25, 0.3) is 5.91 Å². The standard InChI is InChI=1S/C19H21NO4/c1-20(15-10-11-24-16-7-5-4-6-14(15)16)19(21)13-8-9-17(22-2)18(12-13)23-3/h4-9,12,15H,10-11H2,1-3H3. The highest BCUT2D eigenvalue weighted by Gasteiger charge is 2.28. The Morgan fingerprint density at radius 1 is 1.12 bits per heavy atom. The highest BCUT2D eigenvalue weighted by atomic mass is 16.5. The molecule has 24 heavy (non-hydrogen) atoms. The minimum Gasteiger partial charge on any atom is -0.493 e. The van der Waals surface area contributed by atoms with Gasteiger partial charge in [-0.25, -0.2) is 0 Å². The van der Waals surface area contributed by atoms with Crippen LogP contribution in [-0.4, -0.2) is 38.7 Å². The summed E-state index contributed by atoms with van der Waals surface area (Å²) in [4.78, 5) is 14.7. The summed E-state index contributed by atoms with van der Waals surface area (Å²) in [6, 6.07) is 13.1. The lowest BCUT2D eigenvalue weighted by molar-refractivity contribution is 0.0686. The molecule has 0 N–H and O–H groups in total. The van der Waals surface area contributed by atoms with Crippen molar-refractivity contribution < 1.29 is 19.0 Å². The number of carbonyl (C=O) groups is 1. The Morgan fingerprint density at radius 2 is 1.88 bits per heavy atom. The van der Waals surface area contributed by atoms with Crippen molar-refractivity contribution in [2.45, 2.75) is 12.5 Å². The van der Waals surface area contributed by atoms with E-state index in [0.29, 0.717) is 23.7 Å². The van der Waals surface area contributed by atoms with Crippen LogP contribution in [0.5, 0.6) is 17.2 Å². The molecule has 1 unspecified atom stereocenters. The van der Waals surface area contributed by atoms with Gasteiger partial charge < -0.3 is 19.1 Å². The van der Waals surface area contributed by atoms with E-state index in [0.717, 1.165) is 17.7 Å². The molecule has 0 bridgehead atoms. The highest BCUT2D eigenvalue weighted by molar-refractivity contribution is 5.95. The van der Waals surface area contributed by atoms with E-state index in [-0.39, 0.29) is 11.9 Å². The summed E-state index contributed by atoms with van der Waals surface area (Å²) in [6.45, 7) is 0.602. The Balaban J connectivity index is 1.88. The Bertz CT molecular complexity index is 744. The zero-order chi connectivity index (χ0) is 17.1. The molecular weight excluding hydrogens is 306 g/mol. The van der Waals surface area contributed by atoms with Gasteiger partial charge in [-0.15, -0.1) is 0 Å². The van der Waals surface area contributed by atoms with E-state index in [9.17, 15) is 4.79 Å². The summed E-state index contributed by atoms with van der Waals surface area (Å²) in [6.07, 6.45) is 0.770. The number of amides is 1. The molecule has 0 saturated carbocycles.